The van der Waals surface area contributed by atoms with Crippen LogP contribution in [0.15, 0.2) is 23.6 Å². The number of carbonyl (C=O) groups is 1. The fourth-order valence-electron chi connectivity index (χ4n) is 1.46. The predicted molar refractivity (Wildman–Crippen MR) is 72.0 cm³/mol. The highest BCUT2D eigenvalue weighted by atomic mass is 32.1. The number of carbonyl (C=O) groups excluding carboxylic acids is 1. The van der Waals surface area contributed by atoms with Gasteiger partial charge in [0.1, 0.15) is 11.4 Å². The lowest BCUT2D eigenvalue weighted by atomic mass is 10.2. The molecule has 0 radical (unpaired) electrons. The number of esters is 1. The molecule has 4 N–H and O–H groups in total. The lowest BCUT2D eigenvalue weighted by Crippen LogP contribution is -2.01. The smallest absolute Gasteiger partial charge is 0.337 e. The highest BCUT2D eigenvalue weighted by Crippen LogP contribution is 2.30. The summed E-state index contributed by atoms with van der Waals surface area (Å²) in [5.74, 6) is -0.694. The van der Waals surface area contributed by atoms with Crippen molar-refractivity contribution in [1.82, 2.24) is 4.98 Å². The Morgan fingerprint density at radius 2 is 2.20 bits per heavy atom. The Labute approximate surface area is 118 Å². The number of nitrogens with one attached hydrogen (secondary N) is 1. The minimum Gasteiger partial charge on any atom is -0.506 e. The standard InChI is InChI=1S/C12H12N2O5S/c1-19-11(18)6-2-3-7(9(15)4-6)13-12-14-8(5-20-12)10(16)17/h2-5,10,15-17H,1H3,(H,13,14). The normalized spacial score (nSPS) is 10.6. The molecule has 1 heterocycles. The maximum absolute atomic E-state index is 11.3. The van der Waals surface area contributed by atoms with Crippen molar-refractivity contribution in [3.63, 3.8) is 0 Å². The van der Waals surface area contributed by atoms with Gasteiger partial charge in [0.2, 0.25) is 0 Å². The van der Waals surface area contributed by atoms with Crippen LogP contribution in [0.5, 0.6) is 5.75 Å². The van der Waals surface area contributed by atoms with Gasteiger partial charge in [-0.3, -0.25) is 0 Å². The van der Waals surface area contributed by atoms with E-state index < -0.39 is 12.3 Å². The number of aromatic nitrogens is 1. The van der Waals surface area contributed by atoms with Crippen LogP contribution >= 0.6 is 11.3 Å². The average Bonchev–Trinajstić information content (AvgIpc) is 2.89. The Kier molecular flexibility index (Phi) is 4.18. The molecule has 106 valence electrons. The lowest BCUT2D eigenvalue weighted by molar-refractivity contribution is -0.0453. The Morgan fingerprint density at radius 1 is 1.45 bits per heavy atom. The number of methoxy groups -OCH3 is 1. The Hall–Kier alpha value is -2.16. The third kappa shape index (κ3) is 3.05. The monoisotopic (exact) mass is 296 g/mol. The van der Waals surface area contributed by atoms with Gasteiger partial charge in [0.05, 0.1) is 18.4 Å². The summed E-state index contributed by atoms with van der Waals surface area (Å²) in [7, 11) is 1.25. The summed E-state index contributed by atoms with van der Waals surface area (Å²) < 4.78 is 4.54. The first-order chi connectivity index (χ1) is 9.51. The molecule has 2 aromatic rings. The number of hydrogen-bond donors (Lipinski definition) is 4. The molecule has 2 rings (SSSR count). The molecule has 0 aliphatic rings. The fraction of sp³-hybridized carbons (Fsp3) is 0.167. The van der Waals surface area contributed by atoms with E-state index in [9.17, 15) is 9.90 Å². The molecule has 20 heavy (non-hydrogen) atoms. The number of aliphatic hydroxyl groups excluding tert-OH is 1. The van der Waals surface area contributed by atoms with E-state index in [1.807, 2.05) is 0 Å². The molecule has 7 nitrogen and oxygen atoms in total. The molecule has 0 aliphatic heterocycles. The first kappa shape index (κ1) is 14.3. The van der Waals surface area contributed by atoms with Crippen molar-refractivity contribution in [2.45, 2.75) is 6.29 Å². The van der Waals surface area contributed by atoms with Gasteiger partial charge in [0.25, 0.3) is 0 Å². The number of rotatable bonds is 4. The van der Waals surface area contributed by atoms with Gasteiger partial charge in [0.15, 0.2) is 11.4 Å². The van der Waals surface area contributed by atoms with Crippen LogP contribution in [-0.4, -0.2) is 33.4 Å². The molecule has 0 atom stereocenters. The van der Waals surface area contributed by atoms with Crippen LogP contribution in [0.3, 0.4) is 0 Å². The molecule has 1 aromatic heterocycles. The first-order valence-electron chi connectivity index (χ1n) is 5.51. The zero-order chi connectivity index (χ0) is 14.7. The minimum atomic E-state index is -1.64. The predicted octanol–water partition coefficient (Wildman–Crippen LogP) is 1.36. The van der Waals surface area contributed by atoms with E-state index in [4.69, 9.17) is 10.2 Å². The van der Waals surface area contributed by atoms with Gasteiger partial charge >= 0.3 is 5.97 Å². The molecule has 0 fully saturated rings. The van der Waals surface area contributed by atoms with E-state index in [0.717, 1.165) is 11.3 Å². The molecule has 0 spiro atoms. The van der Waals surface area contributed by atoms with Crippen LogP contribution in [0.25, 0.3) is 0 Å². The first-order valence-corrected chi connectivity index (χ1v) is 6.39. The summed E-state index contributed by atoms with van der Waals surface area (Å²) in [6, 6.07) is 4.25. The summed E-state index contributed by atoms with van der Waals surface area (Å²) in [4.78, 5) is 15.2. The van der Waals surface area contributed by atoms with E-state index >= 15 is 0 Å². The van der Waals surface area contributed by atoms with E-state index in [2.05, 4.69) is 15.0 Å². The SMILES string of the molecule is COC(=O)c1ccc(Nc2nc(C(O)O)cs2)c(O)c1. The van der Waals surface area contributed by atoms with Gasteiger partial charge in [-0.05, 0) is 18.2 Å². The van der Waals surface area contributed by atoms with Crippen molar-refractivity contribution in [1.29, 1.82) is 0 Å². The quantitative estimate of drug-likeness (QED) is 0.383. The van der Waals surface area contributed by atoms with Crippen LogP contribution in [0.4, 0.5) is 10.8 Å². The number of anilines is 2. The molecule has 0 unspecified atom stereocenters. The number of phenols is 1. The second-order valence-corrected chi connectivity index (χ2v) is 4.66. The molecule has 0 bridgehead atoms. The number of aliphatic hydroxyl groups is 2. The number of hydrogen-bond acceptors (Lipinski definition) is 8. The summed E-state index contributed by atoms with van der Waals surface area (Å²) in [5.41, 5.74) is 0.676. The highest BCUT2D eigenvalue weighted by molar-refractivity contribution is 7.13. The third-order valence-corrected chi connectivity index (χ3v) is 3.22. The molecule has 0 saturated carbocycles. The van der Waals surface area contributed by atoms with Gasteiger partial charge in [-0.2, -0.15) is 0 Å². The number of aromatic hydroxyl groups is 1. The summed E-state index contributed by atoms with van der Waals surface area (Å²) in [6.45, 7) is 0. The van der Waals surface area contributed by atoms with Crippen LogP contribution in [0.2, 0.25) is 0 Å². The highest BCUT2D eigenvalue weighted by Gasteiger charge is 2.12. The number of nitrogens with zero attached hydrogens (tertiary/aromatic N) is 1. The lowest BCUT2D eigenvalue weighted by Gasteiger charge is -2.07. The van der Waals surface area contributed by atoms with Crippen molar-refractivity contribution >= 4 is 28.1 Å². The van der Waals surface area contributed by atoms with Crippen molar-refractivity contribution in [3.8, 4) is 5.75 Å². The Morgan fingerprint density at radius 3 is 2.75 bits per heavy atom. The second-order valence-electron chi connectivity index (χ2n) is 3.80. The molecular formula is C12H12N2O5S. The molecular weight excluding hydrogens is 284 g/mol. The van der Waals surface area contributed by atoms with Gasteiger partial charge in [0, 0.05) is 5.38 Å². The number of thiazole rings is 1. The van der Waals surface area contributed by atoms with E-state index in [1.165, 1.54) is 30.7 Å². The van der Waals surface area contributed by atoms with Crippen molar-refractivity contribution in [2.24, 2.45) is 0 Å². The zero-order valence-corrected chi connectivity index (χ0v) is 11.2. The molecule has 0 amide bonds. The van der Waals surface area contributed by atoms with Crippen molar-refractivity contribution in [3.05, 3.63) is 34.8 Å². The summed E-state index contributed by atoms with van der Waals surface area (Å²) >= 11 is 1.15. The van der Waals surface area contributed by atoms with E-state index in [-0.39, 0.29) is 17.0 Å². The number of benzene rings is 1. The molecule has 0 aliphatic carbocycles. The van der Waals surface area contributed by atoms with Crippen LogP contribution in [-0.2, 0) is 4.74 Å². The Bertz CT molecular complexity index is 626. The maximum Gasteiger partial charge on any atom is 0.337 e. The van der Waals surface area contributed by atoms with Crippen LogP contribution < -0.4 is 5.32 Å². The molecule has 8 heteroatoms. The minimum absolute atomic E-state index is 0.114. The second kappa shape index (κ2) is 5.87. The summed E-state index contributed by atoms with van der Waals surface area (Å²) in [6.07, 6.45) is -1.64. The largest absolute Gasteiger partial charge is 0.506 e. The van der Waals surface area contributed by atoms with Gasteiger partial charge in [-0.25, -0.2) is 9.78 Å². The maximum atomic E-state index is 11.3. The van der Waals surface area contributed by atoms with Crippen molar-refractivity contribution < 1.29 is 24.9 Å². The third-order valence-electron chi connectivity index (χ3n) is 2.45. The molecule has 0 saturated heterocycles. The number of ether oxygens (including phenoxy) is 1. The van der Waals surface area contributed by atoms with Gasteiger partial charge < -0.3 is 25.4 Å². The van der Waals surface area contributed by atoms with Gasteiger partial charge in [-0.1, -0.05) is 0 Å². The molecule has 1 aromatic carbocycles. The zero-order valence-electron chi connectivity index (χ0n) is 10.4. The summed E-state index contributed by atoms with van der Waals surface area (Å²) in [5, 5.41) is 32.4. The number of phenolic OH excluding ortho intramolecular Hbond substituents is 1. The van der Waals surface area contributed by atoms with E-state index in [0.29, 0.717) is 10.8 Å². The van der Waals surface area contributed by atoms with Crippen LogP contribution in [0, 0.1) is 0 Å². The van der Waals surface area contributed by atoms with Gasteiger partial charge in [-0.15, -0.1) is 11.3 Å². The topological polar surface area (TPSA) is 112 Å². The fourth-order valence-corrected chi connectivity index (χ4v) is 2.19. The van der Waals surface area contributed by atoms with E-state index in [1.54, 1.807) is 0 Å². The van der Waals surface area contributed by atoms with Crippen LogP contribution in [0.1, 0.15) is 22.3 Å². The average molecular weight is 296 g/mol. The Balaban J connectivity index is 2.19. The van der Waals surface area contributed by atoms with Crippen molar-refractivity contribution in [2.75, 3.05) is 12.4 Å².